The Kier molecular flexibility index (Phi) is 3.86. The third-order valence-corrected chi connectivity index (χ3v) is 3.03. The van der Waals surface area contributed by atoms with Crippen molar-refractivity contribution in [1.82, 2.24) is 0 Å². The summed E-state index contributed by atoms with van der Waals surface area (Å²) in [6, 6.07) is 7.56. The van der Waals surface area contributed by atoms with E-state index in [2.05, 4.69) is 0 Å². The molecular weight excluding hydrogens is 224 g/mol. The molecule has 0 amide bonds. The monoisotopic (exact) mass is 238 g/mol. The van der Waals surface area contributed by atoms with E-state index in [0.29, 0.717) is 23.8 Å². The van der Waals surface area contributed by atoms with Crippen molar-refractivity contribution in [3.8, 4) is 0 Å². The Bertz CT molecular complexity index is 387. The minimum atomic E-state index is -0.583. The Morgan fingerprint density at radius 1 is 1.38 bits per heavy atom. The maximum Gasteiger partial charge on any atom is 0.121 e. The van der Waals surface area contributed by atoms with Gasteiger partial charge in [0.2, 0.25) is 0 Å². The van der Waals surface area contributed by atoms with Crippen LogP contribution in [0.4, 0.5) is 0 Å². The number of benzene rings is 1. The average Bonchev–Trinajstić information content (AvgIpc) is 2.33. The van der Waals surface area contributed by atoms with Crippen LogP contribution >= 0.6 is 11.6 Å². The highest BCUT2D eigenvalue weighted by Crippen LogP contribution is 2.21. The van der Waals surface area contributed by atoms with Gasteiger partial charge in [-0.2, -0.15) is 0 Å². The van der Waals surface area contributed by atoms with Gasteiger partial charge in [-0.25, -0.2) is 0 Å². The molecule has 3 heteroatoms. The molecule has 1 aromatic carbocycles. The van der Waals surface area contributed by atoms with Crippen molar-refractivity contribution in [2.75, 3.05) is 6.61 Å². The van der Waals surface area contributed by atoms with E-state index in [-0.39, 0.29) is 0 Å². The van der Waals surface area contributed by atoms with Crippen LogP contribution in [-0.4, -0.2) is 17.8 Å². The van der Waals surface area contributed by atoms with Crippen molar-refractivity contribution < 1.29 is 9.84 Å². The second kappa shape index (κ2) is 5.37. The highest BCUT2D eigenvalue weighted by molar-refractivity contribution is 6.31. The van der Waals surface area contributed by atoms with Crippen LogP contribution in [0.5, 0.6) is 0 Å². The summed E-state index contributed by atoms with van der Waals surface area (Å²) in [6.07, 6.45) is 3.90. The molecule has 1 aliphatic rings. The fraction of sp³-hybridized carbons (Fsp3) is 0.385. The lowest BCUT2D eigenvalue weighted by molar-refractivity contribution is 0.0918. The molecule has 0 aromatic heterocycles. The largest absolute Gasteiger partial charge is 0.495 e. The third-order valence-electron chi connectivity index (χ3n) is 2.66. The van der Waals surface area contributed by atoms with Crippen LogP contribution in [0.15, 0.2) is 36.1 Å². The summed E-state index contributed by atoms with van der Waals surface area (Å²) >= 11 is 6.04. The first-order chi connectivity index (χ1) is 7.77. The third kappa shape index (κ3) is 2.77. The standard InChI is InChI=1S/C13H15ClO2/c14-11-6-2-1-5-10(11)9-12(15)13-7-3-4-8-16-13/h1-2,5-7,12,15H,3-4,8-9H2. The molecule has 1 heterocycles. The number of hydrogen-bond acceptors (Lipinski definition) is 2. The zero-order chi connectivity index (χ0) is 11.4. The molecular formula is C13H15ClO2. The van der Waals surface area contributed by atoms with E-state index >= 15 is 0 Å². The molecule has 16 heavy (non-hydrogen) atoms. The van der Waals surface area contributed by atoms with Crippen LogP contribution in [-0.2, 0) is 11.2 Å². The first-order valence-corrected chi connectivity index (χ1v) is 5.89. The van der Waals surface area contributed by atoms with Crippen molar-refractivity contribution in [2.45, 2.75) is 25.4 Å². The molecule has 0 saturated carbocycles. The molecule has 0 fully saturated rings. The van der Waals surface area contributed by atoms with Gasteiger partial charge in [0.15, 0.2) is 0 Å². The van der Waals surface area contributed by atoms with Crippen LogP contribution in [0.25, 0.3) is 0 Å². The Hall–Kier alpha value is -0.990. The second-order valence-electron chi connectivity index (χ2n) is 3.91. The van der Waals surface area contributed by atoms with Crippen LogP contribution in [0.2, 0.25) is 5.02 Å². The molecule has 1 aliphatic heterocycles. The minimum absolute atomic E-state index is 0.505. The van der Waals surface area contributed by atoms with Gasteiger partial charge in [0.05, 0.1) is 6.61 Å². The van der Waals surface area contributed by atoms with Gasteiger partial charge in [-0.15, -0.1) is 0 Å². The molecule has 0 aliphatic carbocycles. The normalized spacial score (nSPS) is 17.5. The first-order valence-electron chi connectivity index (χ1n) is 5.51. The van der Waals surface area contributed by atoms with Gasteiger partial charge < -0.3 is 9.84 Å². The van der Waals surface area contributed by atoms with Crippen molar-refractivity contribution >= 4 is 11.6 Å². The van der Waals surface area contributed by atoms with Crippen LogP contribution in [0.3, 0.4) is 0 Å². The summed E-state index contributed by atoms with van der Waals surface area (Å²) in [6.45, 7) is 0.700. The number of aliphatic hydroxyl groups is 1. The van der Waals surface area contributed by atoms with E-state index in [1.54, 1.807) is 0 Å². The molecule has 2 nitrogen and oxygen atoms in total. The number of rotatable bonds is 3. The summed E-state index contributed by atoms with van der Waals surface area (Å²) in [4.78, 5) is 0. The molecule has 0 spiro atoms. The van der Waals surface area contributed by atoms with E-state index in [0.717, 1.165) is 18.4 Å². The van der Waals surface area contributed by atoms with Gasteiger partial charge in [0, 0.05) is 11.4 Å². The maximum absolute atomic E-state index is 10.00. The Balaban J connectivity index is 2.04. The Labute approximate surface area is 101 Å². The highest BCUT2D eigenvalue weighted by atomic mass is 35.5. The van der Waals surface area contributed by atoms with Crippen LogP contribution in [0, 0.1) is 0 Å². The predicted octanol–water partition coefficient (Wildman–Crippen LogP) is 2.94. The van der Waals surface area contributed by atoms with E-state index < -0.39 is 6.10 Å². The van der Waals surface area contributed by atoms with Gasteiger partial charge in [-0.3, -0.25) is 0 Å². The fourth-order valence-electron chi connectivity index (χ4n) is 1.78. The lowest BCUT2D eigenvalue weighted by Crippen LogP contribution is -2.18. The summed E-state index contributed by atoms with van der Waals surface area (Å²) in [7, 11) is 0. The molecule has 0 radical (unpaired) electrons. The van der Waals surface area contributed by atoms with E-state index in [1.165, 1.54) is 0 Å². The van der Waals surface area contributed by atoms with Gasteiger partial charge in [-0.05, 0) is 30.5 Å². The Morgan fingerprint density at radius 2 is 2.19 bits per heavy atom. The smallest absolute Gasteiger partial charge is 0.121 e. The number of ether oxygens (including phenoxy) is 1. The zero-order valence-electron chi connectivity index (χ0n) is 9.03. The molecule has 1 aromatic rings. The molecule has 1 N–H and O–H groups in total. The SMILES string of the molecule is OC(Cc1ccccc1Cl)C1=CCCCO1. The molecule has 1 atom stereocenters. The number of halogens is 1. The molecule has 2 rings (SSSR count). The lowest BCUT2D eigenvalue weighted by atomic mass is 10.0. The first kappa shape index (κ1) is 11.5. The summed E-state index contributed by atoms with van der Waals surface area (Å²) in [5.41, 5.74) is 0.951. The lowest BCUT2D eigenvalue weighted by Gasteiger charge is -2.20. The summed E-state index contributed by atoms with van der Waals surface area (Å²) in [5.74, 6) is 0.686. The van der Waals surface area contributed by atoms with Crippen molar-refractivity contribution in [2.24, 2.45) is 0 Å². The average molecular weight is 239 g/mol. The topological polar surface area (TPSA) is 29.5 Å². The van der Waals surface area contributed by atoms with Gasteiger partial charge in [0.1, 0.15) is 11.9 Å². The summed E-state index contributed by atoms with van der Waals surface area (Å²) < 4.78 is 5.42. The number of hydrogen-bond donors (Lipinski definition) is 1. The Morgan fingerprint density at radius 3 is 2.88 bits per heavy atom. The van der Waals surface area contributed by atoms with E-state index in [4.69, 9.17) is 16.3 Å². The van der Waals surface area contributed by atoms with E-state index in [1.807, 2.05) is 30.3 Å². The van der Waals surface area contributed by atoms with Crippen molar-refractivity contribution in [1.29, 1.82) is 0 Å². The molecule has 1 unspecified atom stereocenters. The zero-order valence-corrected chi connectivity index (χ0v) is 9.78. The number of allylic oxidation sites excluding steroid dienone is 1. The predicted molar refractivity (Wildman–Crippen MR) is 64.4 cm³/mol. The minimum Gasteiger partial charge on any atom is -0.495 e. The highest BCUT2D eigenvalue weighted by Gasteiger charge is 2.16. The van der Waals surface area contributed by atoms with Crippen molar-refractivity contribution in [3.63, 3.8) is 0 Å². The van der Waals surface area contributed by atoms with Gasteiger partial charge in [0.25, 0.3) is 0 Å². The molecule has 0 saturated heterocycles. The van der Waals surface area contributed by atoms with Gasteiger partial charge in [-0.1, -0.05) is 29.8 Å². The van der Waals surface area contributed by atoms with Gasteiger partial charge >= 0.3 is 0 Å². The van der Waals surface area contributed by atoms with Crippen LogP contribution in [0.1, 0.15) is 18.4 Å². The molecule has 86 valence electrons. The van der Waals surface area contributed by atoms with Crippen molar-refractivity contribution in [3.05, 3.63) is 46.7 Å². The molecule has 0 bridgehead atoms. The quantitative estimate of drug-likeness (QED) is 0.878. The fourth-order valence-corrected chi connectivity index (χ4v) is 1.99. The van der Waals surface area contributed by atoms with E-state index in [9.17, 15) is 5.11 Å². The second-order valence-corrected chi connectivity index (χ2v) is 4.32. The number of aliphatic hydroxyl groups excluding tert-OH is 1. The summed E-state index contributed by atoms with van der Waals surface area (Å²) in [5, 5.41) is 10.7. The van der Waals surface area contributed by atoms with Crippen LogP contribution < -0.4 is 0 Å². The maximum atomic E-state index is 10.00.